The first-order chi connectivity index (χ1) is 22.3. The number of ether oxygens (including phenoxy) is 2. The molecule has 0 atom stereocenters. The monoisotopic (exact) mass is 632 g/mol. The van der Waals surface area contributed by atoms with Gasteiger partial charge in [-0.25, -0.2) is 0 Å². The third kappa shape index (κ3) is 11.6. The lowest BCUT2D eigenvalue weighted by Crippen LogP contribution is -2.46. The van der Waals surface area contributed by atoms with Gasteiger partial charge in [0.15, 0.2) is 0 Å². The van der Waals surface area contributed by atoms with E-state index in [1.165, 1.54) is 18.1 Å². The Hall–Kier alpha value is -4.26. The molecule has 2 amide bonds. The first kappa shape index (κ1) is 34.6. The SMILES string of the molecule is CC(=O)NCc1ccc(CN2CCNCC2)cc1.COc1cc(OC)nc(N2CCN(Cc3ccc(CNC(C)=O)cc3)CC2)n1. The number of carbonyl (C=O) groups is 2. The topological polar surface area (TPSA) is 124 Å². The van der Waals surface area contributed by atoms with E-state index >= 15 is 0 Å². The van der Waals surface area contributed by atoms with E-state index in [0.29, 0.717) is 30.8 Å². The maximum atomic E-state index is 11.0. The lowest BCUT2D eigenvalue weighted by molar-refractivity contribution is -0.120. The largest absolute Gasteiger partial charge is 0.481 e. The van der Waals surface area contributed by atoms with Gasteiger partial charge in [-0.15, -0.1) is 0 Å². The van der Waals surface area contributed by atoms with E-state index in [1.54, 1.807) is 27.2 Å². The summed E-state index contributed by atoms with van der Waals surface area (Å²) in [4.78, 5) is 37.7. The number of anilines is 1. The van der Waals surface area contributed by atoms with Gasteiger partial charge in [0.2, 0.25) is 29.5 Å². The van der Waals surface area contributed by atoms with Gasteiger partial charge in [-0.05, 0) is 22.3 Å². The molecule has 12 nitrogen and oxygen atoms in total. The Morgan fingerprint density at radius 2 is 1.09 bits per heavy atom. The zero-order chi connectivity index (χ0) is 32.7. The van der Waals surface area contributed by atoms with Crippen molar-refractivity contribution in [2.75, 3.05) is 71.5 Å². The molecule has 0 aliphatic carbocycles. The molecular formula is C34H48N8O4. The minimum Gasteiger partial charge on any atom is -0.481 e. The molecular weight excluding hydrogens is 584 g/mol. The highest BCUT2D eigenvalue weighted by Crippen LogP contribution is 2.21. The maximum Gasteiger partial charge on any atom is 0.232 e. The van der Waals surface area contributed by atoms with Gasteiger partial charge < -0.3 is 30.3 Å². The Kier molecular flexibility index (Phi) is 13.6. The Morgan fingerprint density at radius 3 is 1.50 bits per heavy atom. The van der Waals surface area contributed by atoms with Gasteiger partial charge in [-0.1, -0.05) is 48.5 Å². The predicted octanol–water partition coefficient (Wildman–Crippen LogP) is 2.18. The van der Waals surface area contributed by atoms with E-state index in [1.807, 2.05) is 0 Å². The second kappa shape index (κ2) is 18.0. The molecule has 3 N–H and O–H groups in total. The average molecular weight is 633 g/mol. The summed E-state index contributed by atoms with van der Waals surface area (Å²) < 4.78 is 10.5. The summed E-state index contributed by atoms with van der Waals surface area (Å²) in [6, 6.07) is 18.5. The third-order valence-electron chi connectivity index (χ3n) is 7.89. The van der Waals surface area contributed by atoms with E-state index in [0.717, 1.165) is 76.6 Å². The van der Waals surface area contributed by atoms with Crippen molar-refractivity contribution in [1.82, 2.24) is 35.7 Å². The van der Waals surface area contributed by atoms with Gasteiger partial charge in [-0.3, -0.25) is 19.4 Å². The summed E-state index contributed by atoms with van der Waals surface area (Å²) in [7, 11) is 3.18. The van der Waals surface area contributed by atoms with E-state index < -0.39 is 0 Å². The van der Waals surface area contributed by atoms with Crippen LogP contribution < -0.4 is 30.3 Å². The molecule has 46 heavy (non-hydrogen) atoms. The molecule has 2 fully saturated rings. The molecule has 12 heteroatoms. The second-order valence-electron chi connectivity index (χ2n) is 11.5. The molecule has 248 valence electrons. The number of benzene rings is 2. The Balaban J connectivity index is 0.000000230. The number of nitrogens with zero attached hydrogens (tertiary/aromatic N) is 5. The smallest absolute Gasteiger partial charge is 0.232 e. The zero-order valence-electron chi connectivity index (χ0n) is 27.6. The highest BCUT2D eigenvalue weighted by Gasteiger charge is 2.20. The van der Waals surface area contributed by atoms with Crippen LogP contribution in [-0.2, 0) is 35.8 Å². The van der Waals surface area contributed by atoms with Gasteiger partial charge in [0.05, 0.1) is 20.3 Å². The molecule has 0 bridgehead atoms. The van der Waals surface area contributed by atoms with Crippen LogP contribution in [0.2, 0.25) is 0 Å². The summed E-state index contributed by atoms with van der Waals surface area (Å²) in [5.41, 5.74) is 4.85. The molecule has 2 aromatic carbocycles. The van der Waals surface area contributed by atoms with Crippen molar-refractivity contribution in [1.29, 1.82) is 0 Å². The van der Waals surface area contributed by atoms with Gasteiger partial charge in [0, 0.05) is 92.4 Å². The van der Waals surface area contributed by atoms with Crippen molar-refractivity contribution in [3.63, 3.8) is 0 Å². The van der Waals surface area contributed by atoms with Crippen molar-refractivity contribution in [3.05, 3.63) is 76.9 Å². The standard InChI is InChI=1S/C20H27N5O3.C14H21N3O/c1-15(26)21-13-16-4-6-17(7-5-16)14-24-8-10-25(11-9-24)20-22-18(27-2)12-19(23-20)28-3;1-12(18)16-10-13-2-4-14(5-3-13)11-17-8-6-15-7-9-17/h4-7,12H,8-11,13-14H2,1-3H3,(H,21,26);2-5,15H,6-11H2,1H3,(H,16,18). The molecule has 3 aromatic rings. The fraction of sp³-hybridized carbons (Fsp3) is 0.471. The van der Waals surface area contributed by atoms with Gasteiger partial charge >= 0.3 is 0 Å². The van der Waals surface area contributed by atoms with E-state index in [9.17, 15) is 9.59 Å². The highest BCUT2D eigenvalue weighted by molar-refractivity contribution is 5.73. The Labute approximate surface area is 272 Å². The van der Waals surface area contributed by atoms with E-state index in [4.69, 9.17) is 9.47 Å². The number of hydrogen-bond donors (Lipinski definition) is 3. The fourth-order valence-corrected chi connectivity index (χ4v) is 5.21. The van der Waals surface area contributed by atoms with Crippen LogP contribution in [0.15, 0.2) is 54.6 Å². The molecule has 2 aliphatic heterocycles. The fourth-order valence-electron chi connectivity index (χ4n) is 5.21. The number of piperazine rings is 2. The van der Waals surface area contributed by atoms with Gasteiger partial charge in [0.1, 0.15) is 0 Å². The molecule has 1 aromatic heterocycles. The first-order valence-electron chi connectivity index (χ1n) is 15.8. The van der Waals surface area contributed by atoms with E-state index in [2.05, 4.69) is 89.1 Å². The highest BCUT2D eigenvalue weighted by atomic mass is 16.5. The van der Waals surface area contributed by atoms with Crippen molar-refractivity contribution in [2.45, 2.75) is 40.0 Å². The number of methoxy groups -OCH3 is 2. The molecule has 2 aliphatic rings. The molecule has 5 rings (SSSR count). The summed E-state index contributed by atoms with van der Waals surface area (Å²) in [6.45, 7) is 14.1. The third-order valence-corrected chi connectivity index (χ3v) is 7.89. The van der Waals surface area contributed by atoms with Crippen molar-refractivity contribution in [2.24, 2.45) is 0 Å². The van der Waals surface area contributed by atoms with Crippen LogP contribution in [0.3, 0.4) is 0 Å². The minimum atomic E-state index is -0.0143. The van der Waals surface area contributed by atoms with Crippen molar-refractivity contribution >= 4 is 17.8 Å². The average Bonchev–Trinajstić information content (AvgIpc) is 3.08. The van der Waals surface area contributed by atoms with Crippen LogP contribution in [0.1, 0.15) is 36.1 Å². The lowest BCUT2D eigenvalue weighted by atomic mass is 10.1. The second-order valence-corrected chi connectivity index (χ2v) is 11.5. The van der Waals surface area contributed by atoms with Crippen LogP contribution in [0.4, 0.5) is 5.95 Å². The normalized spacial score (nSPS) is 15.3. The minimum absolute atomic E-state index is 0.0138. The van der Waals surface area contributed by atoms with Crippen LogP contribution in [0.25, 0.3) is 0 Å². The van der Waals surface area contributed by atoms with Crippen molar-refractivity contribution in [3.8, 4) is 11.8 Å². The Bertz CT molecular complexity index is 1350. The molecule has 2 saturated heterocycles. The summed E-state index contributed by atoms with van der Waals surface area (Å²) in [5.74, 6) is 1.64. The molecule has 0 saturated carbocycles. The summed E-state index contributed by atoms with van der Waals surface area (Å²) in [6.07, 6.45) is 0. The number of nitrogens with one attached hydrogen (secondary N) is 3. The summed E-state index contributed by atoms with van der Waals surface area (Å²) in [5, 5.41) is 8.97. The van der Waals surface area contributed by atoms with Crippen LogP contribution in [0.5, 0.6) is 11.8 Å². The number of rotatable bonds is 11. The molecule has 0 unspecified atom stereocenters. The van der Waals surface area contributed by atoms with Crippen LogP contribution in [0, 0.1) is 0 Å². The molecule has 0 radical (unpaired) electrons. The quantitative estimate of drug-likeness (QED) is 0.290. The number of carbonyl (C=O) groups excluding carboxylic acids is 2. The van der Waals surface area contributed by atoms with Crippen LogP contribution >= 0.6 is 0 Å². The zero-order valence-corrected chi connectivity index (χ0v) is 27.6. The maximum absolute atomic E-state index is 11.0. The Morgan fingerprint density at radius 1 is 0.674 bits per heavy atom. The summed E-state index contributed by atoms with van der Waals surface area (Å²) >= 11 is 0. The van der Waals surface area contributed by atoms with Crippen molar-refractivity contribution < 1.29 is 19.1 Å². The number of amides is 2. The van der Waals surface area contributed by atoms with Crippen LogP contribution in [-0.4, -0.2) is 98.2 Å². The van der Waals surface area contributed by atoms with Gasteiger partial charge in [0.25, 0.3) is 0 Å². The number of aromatic nitrogens is 2. The first-order valence-corrected chi connectivity index (χ1v) is 15.8. The molecule has 0 spiro atoms. The number of hydrogen-bond acceptors (Lipinski definition) is 10. The predicted molar refractivity (Wildman–Crippen MR) is 179 cm³/mol. The van der Waals surface area contributed by atoms with E-state index in [-0.39, 0.29) is 11.8 Å². The molecule has 3 heterocycles. The van der Waals surface area contributed by atoms with Gasteiger partial charge in [-0.2, -0.15) is 9.97 Å². The lowest BCUT2D eigenvalue weighted by Gasteiger charge is -2.34.